The Labute approximate surface area is 113 Å². The number of anilines is 1. The van der Waals surface area contributed by atoms with Gasteiger partial charge in [-0.05, 0) is 44.0 Å². The van der Waals surface area contributed by atoms with Crippen molar-refractivity contribution in [2.24, 2.45) is 13.0 Å². The molecule has 0 spiro atoms. The van der Waals surface area contributed by atoms with Crippen LogP contribution in [0.1, 0.15) is 12.8 Å². The maximum Gasteiger partial charge on any atom is 0.203 e. The van der Waals surface area contributed by atoms with Crippen molar-refractivity contribution in [2.75, 3.05) is 25.0 Å². The van der Waals surface area contributed by atoms with Gasteiger partial charge in [0.15, 0.2) is 0 Å². The molecule has 5 rings (SSSR count). The maximum atomic E-state index is 4.72. The molecule has 3 aliphatic heterocycles. The molecule has 1 aromatic carbocycles. The number of nitrogens with zero attached hydrogens (tertiary/aromatic N) is 3. The minimum atomic E-state index is 0.568. The van der Waals surface area contributed by atoms with Crippen LogP contribution in [0.4, 0.5) is 5.95 Å². The number of imidazole rings is 1. The first-order chi connectivity index (χ1) is 9.31. The molecule has 1 aromatic heterocycles. The number of para-hydroxylation sites is 2. The van der Waals surface area contributed by atoms with Crippen molar-refractivity contribution in [1.82, 2.24) is 14.5 Å². The molecular weight excluding hydrogens is 236 g/mol. The molecule has 0 radical (unpaired) electrons. The van der Waals surface area contributed by atoms with Crippen LogP contribution in [0.15, 0.2) is 24.3 Å². The fraction of sp³-hybridized carbons (Fsp3) is 0.533. The summed E-state index contributed by atoms with van der Waals surface area (Å²) in [7, 11) is 2.10. The number of benzene rings is 1. The molecule has 3 aliphatic rings. The van der Waals surface area contributed by atoms with Crippen LogP contribution in [0, 0.1) is 5.92 Å². The van der Waals surface area contributed by atoms with Crippen LogP contribution in [0.5, 0.6) is 0 Å². The molecule has 19 heavy (non-hydrogen) atoms. The van der Waals surface area contributed by atoms with Gasteiger partial charge < -0.3 is 14.8 Å². The molecular formula is C15H20N4. The third-order valence-electron chi connectivity index (χ3n) is 4.76. The fourth-order valence-corrected chi connectivity index (χ4v) is 3.57. The number of piperidine rings is 3. The van der Waals surface area contributed by atoms with Gasteiger partial charge in [-0.1, -0.05) is 12.1 Å². The first-order valence-corrected chi connectivity index (χ1v) is 7.21. The van der Waals surface area contributed by atoms with E-state index in [0.717, 1.165) is 17.4 Å². The summed E-state index contributed by atoms with van der Waals surface area (Å²) in [6.07, 6.45) is 2.67. The van der Waals surface area contributed by atoms with E-state index in [1.165, 1.54) is 38.0 Å². The van der Waals surface area contributed by atoms with Gasteiger partial charge in [-0.15, -0.1) is 0 Å². The number of hydrogen-bond acceptors (Lipinski definition) is 3. The molecule has 4 nitrogen and oxygen atoms in total. The Morgan fingerprint density at radius 3 is 2.68 bits per heavy atom. The molecule has 2 aromatic rings. The van der Waals surface area contributed by atoms with Gasteiger partial charge in [0.1, 0.15) is 0 Å². The van der Waals surface area contributed by atoms with Crippen molar-refractivity contribution >= 4 is 17.0 Å². The van der Waals surface area contributed by atoms with Gasteiger partial charge in [0.2, 0.25) is 5.95 Å². The van der Waals surface area contributed by atoms with Gasteiger partial charge in [-0.25, -0.2) is 4.98 Å². The monoisotopic (exact) mass is 256 g/mol. The van der Waals surface area contributed by atoms with Crippen LogP contribution in [0.25, 0.3) is 11.0 Å². The Kier molecular flexibility index (Phi) is 2.52. The van der Waals surface area contributed by atoms with Crippen LogP contribution in [0.3, 0.4) is 0 Å². The molecule has 1 N–H and O–H groups in total. The average molecular weight is 256 g/mol. The SMILES string of the molecule is Cn1c(NC2CN3CCC2CC3)nc2ccccc21. The zero-order valence-electron chi connectivity index (χ0n) is 11.3. The Bertz CT molecular complexity index is 595. The van der Waals surface area contributed by atoms with E-state index in [1.54, 1.807) is 0 Å². The van der Waals surface area contributed by atoms with Crippen LogP contribution >= 0.6 is 0 Å². The molecule has 4 heteroatoms. The van der Waals surface area contributed by atoms with Crippen molar-refractivity contribution < 1.29 is 0 Å². The third-order valence-corrected chi connectivity index (χ3v) is 4.76. The van der Waals surface area contributed by atoms with E-state index >= 15 is 0 Å². The molecule has 0 saturated carbocycles. The third kappa shape index (κ3) is 1.82. The van der Waals surface area contributed by atoms with E-state index < -0.39 is 0 Å². The number of aromatic nitrogens is 2. The van der Waals surface area contributed by atoms with E-state index in [2.05, 4.69) is 40.0 Å². The summed E-state index contributed by atoms with van der Waals surface area (Å²) in [4.78, 5) is 7.29. The molecule has 3 fully saturated rings. The van der Waals surface area contributed by atoms with Gasteiger partial charge in [0, 0.05) is 19.6 Å². The number of hydrogen-bond donors (Lipinski definition) is 1. The molecule has 100 valence electrons. The summed E-state index contributed by atoms with van der Waals surface area (Å²) in [5.41, 5.74) is 2.28. The quantitative estimate of drug-likeness (QED) is 0.893. The van der Waals surface area contributed by atoms with Crippen molar-refractivity contribution in [3.05, 3.63) is 24.3 Å². The minimum absolute atomic E-state index is 0.568. The fourth-order valence-electron chi connectivity index (χ4n) is 3.57. The predicted octanol–water partition coefficient (Wildman–Crippen LogP) is 2.08. The predicted molar refractivity (Wildman–Crippen MR) is 77.3 cm³/mol. The van der Waals surface area contributed by atoms with E-state index in [-0.39, 0.29) is 0 Å². The van der Waals surface area contributed by atoms with Gasteiger partial charge in [-0.3, -0.25) is 0 Å². The van der Waals surface area contributed by atoms with Crippen LogP contribution in [-0.2, 0) is 7.05 Å². The molecule has 0 aliphatic carbocycles. The lowest BCUT2D eigenvalue weighted by Gasteiger charge is -2.45. The second-order valence-corrected chi connectivity index (χ2v) is 5.87. The topological polar surface area (TPSA) is 33.1 Å². The van der Waals surface area contributed by atoms with Crippen molar-refractivity contribution in [3.63, 3.8) is 0 Å². The van der Waals surface area contributed by atoms with Crippen LogP contribution in [0.2, 0.25) is 0 Å². The molecule has 2 bridgehead atoms. The zero-order chi connectivity index (χ0) is 12.8. The number of fused-ring (bicyclic) bond motifs is 4. The Morgan fingerprint density at radius 2 is 2.00 bits per heavy atom. The second-order valence-electron chi connectivity index (χ2n) is 5.87. The van der Waals surface area contributed by atoms with Crippen LogP contribution in [-0.4, -0.2) is 40.1 Å². The number of aryl methyl sites for hydroxylation is 1. The highest BCUT2D eigenvalue weighted by Crippen LogP contribution is 2.30. The van der Waals surface area contributed by atoms with E-state index in [1.807, 2.05) is 6.07 Å². The number of nitrogens with one attached hydrogen (secondary N) is 1. The van der Waals surface area contributed by atoms with E-state index in [4.69, 9.17) is 4.98 Å². The normalized spacial score (nSPS) is 29.8. The van der Waals surface area contributed by atoms with Gasteiger partial charge >= 0.3 is 0 Å². The van der Waals surface area contributed by atoms with Crippen molar-refractivity contribution in [3.8, 4) is 0 Å². The summed E-state index contributed by atoms with van der Waals surface area (Å²) >= 11 is 0. The average Bonchev–Trinajstić information content (AvgIpc) is 2.77. The minimum Gasteiger partial charge on any atom is -0.351 e. The summed E-state index contributed by atoms with van der Waals surface area (Å²) in [5, 5.41) is 3.68. The lowest BCUT2D eigenvalue weighted by atomic mass is 9.84. The van der Waals surface area contributed by atoms with Crippen molar-refractivity contribution in [2.45, 2.75) is 18.9 Å². The van der Waals surface area contributed by atoms with Gasteiger partial charge in [-0.2, -0.15) is 0 Å². The van der Waals surface area contributed by atoms with Crippen LogP contribution < -0.4 is 5.32 Å². The highest BCUT2D eigenvalue weighted by molar-refractivity contribution is 5.78. The summed E-state index contributed by atoms with van der Waals surface area (Å²) < 4.78 is 2.17. The Balaban J connectivity index is 1.63. The lowest BCUT2D eigenvalue weighted by molar-refractivity contribution is 0.0971. The molecule has 1 atom stereocenters. The second kappa shape index (κ2) is 4.23. The molecule has 0 amide bonds. The highest BCUT2D eigenvalue weighted by Gasteiger charge is 2.34. The maximum absolute atomic E-state index is 4.72. The Hall–Kier alpha value is -1.55. The molecule has 3 saturated heterocycles. The van der Waals surface area contributed by atoms with E-state index in [9.17, 15) is 0 Å². The Morgan fingerprint density at radius 1 is 1.21 bits per heavy atom. The zero-order valence-corrected chi connectivity index (χ0v) is 11.3. The van der Waals surface area contributed by atoms with E-state index in [0.29, 0.717) is 6.04 Å². The standard InChI is InChI=1S/C15H20N4/c1-18-14-5-3-2-4-12(14)16-15(18)17-13-10-19-8-6-11(13)7-9-19/h2-5,11,13H,6-10H2,1H3,(H,16,17). The summed E-state index contributed by atoms with van der Waals surface area (Å²) in [6, 6.07) is 8.90. The number of rotatable bonds is 2. The largest absolute Gasteiger partial charge is 0.351 e. The lowest BCUT2D eigenvalue weighted by Crippen LogP contribution is -2.53. The highest BCUT2D eigenvalue weighted by atomic mass is 15.3. The van der Waals surface area contributed by atoms with Gasteiger partial charge in [0.05, 0.1) is 11.0 Å². The van der Waals surface area contributed by atoms with Crippen molar-refractivity contribution in [1.29, 1.82) is 0 Å². The first-order valence-electron chi connectivity index (χ1n) is 7.21. The smallest absolute Gasteiger partial charge is 0.203 e. The molecule has 1 unspecified atom stereocenters. The summed E-state index contributed by atoms with van der Waals surface area (Å²) in [6.45, 7) is 3.74. The molecule has 4 heterocycles. The first kappa shape index (κ1) is 11.3. The summed E-state index contributed by atoms with van der Waals surface area (Å²) in [5.74, 6) is 1.84. The van der Waals surface area contributed by atoms with Gasteiger partial charge in [0.25, 0.3) is 0 Å².